The van der Waals surface area contributed by atoms with Crippen molar-refractivity contribution in [3.05, 3.63) is 65.5 Å². The van der Waals surface area contributed by atoms with E-state index in [0.717, 1.165) is 44.8 Å². The van der Waals surface area contributed by atoms with Gasteiger partial charge >= 0.3 is 0 Å². The molecule has 166 valence electrons. The zero-order valence-electron chi connectivity index (χ0n) is 18.5. The molecule has 1 saturated heterocycles. The highest BCUT2D eigenvalue weighted by atomic mass is 19.1. The van der Waals surface area contributed by atoms with Gasteiger partial charge in [-0.3, -0.25) is 9.69 Å². The molecular weight excluding hydrogens is 393 g/mol. The number of likely N-dealkylation sites (N-methyl/N-ethyl adjacent to an activating group) is 1. The first-order valence-electron chi connectivity index (χ1n) is 11.1. The zero-order chi connectivity index (χ0) is 21.8. The van der Waals surface area contributed by atoms with Crippen molar-refractivity contribution in [2.24, 2.45) is 0 Å². The molecule has 0 radical (unpaired) electrons. The number of rotatable bonds is 6. The molecule has 0 spiro atoms. The molecule has 1 fully saturated rings. The SMILES string of the molecule is CN(C)C[C@H]1COc2ccccc2CN1C[C@H]1CCCN1C(=O)Cc1ccccc1F. The number of hydrogen-bond acceptors (Lipinski definition) is 4. The molecule has 0 saturated carbocycles. The number of carbonyl (C=O) groups excluding carboxylic acids is 1. The van der Waals surface area contributed by atoms with Gasteiger partial charge in [-0.2, -0.15) is 0 Å². The third kappa shape index (κ3) is 5.25. The van der Waals surface area contributed by atoms with E-state index >= 15 is 0 Å². The third-order valence-corrected chi connectivity index (χ3v) is 6.31. The van der Waals surface area contributed by atoms with Crippen LogP contribution in [-0.4, -0.2) is 73.0 Å². The molecule has 0 N–H and O–H groups in total. The maximum absolute atomic E-state index is 14.1. The van der Waals surface area contributed by atoms with Crippen molar-refractivity contribution in [3.8, 4) is 5.75 Å². The Bertz CT molecular complexity index is 904. The summed E-state index contributed by atoms with van der Waals surface area (Å²) in [7, 11) is 4.16. The fourth-order valence-electron chi connectivity index (χ4n) is 4.75. The normalized spacial score (nSPS) is 21.6. The lowest BCUT2D eigenvalue weighted by molar-refractivity contribution is -0.131. The summed E-state index contributed by atoms with van der Waals surface area (Å²) in [6.07, 6.45) is 2.10. The third-order valence-electron chi connectivity index (χ3n) is 6.31. The number of ether oxygens (including phenoxy) is 1. The van der Waals surface area contributed by atoms with Crippen molar-refractivity contribution in [2.45, 2.75) is 37.9 Å². The minimum Gasteiger partial charge on any atom is -0.492 e. The van der Waals surface area contributed by atoms with Gasteiger partial charge in [0.15, 0.2) is 0 Å². The Morgan fingerprint density at radius 1 is 1.13 bits per heavy atom. The van der Waals surface area contributed by atoms with Crippen molar-refractivity contribution in [2.75, 3.05) is 40.3 Å². The Labute approximate surface area is 184 Å². The molecule has 2 aromatic carbocycles. The smallest absolute Gasteiger partial charge is 0.227 e. The lowest BCUT2D eigenvalue weighted by Crippen LogP contribution is -2.50. The van der Waals surface area contributed by atoms with Gasteiger partial charge in [-0.25, -0.2) is 4.39 Å². The van der Waals surface area contributed by atoms with E-state index in [0.29, 0.717) is 12.2 Å². The molecule has 5 nitrogen and oxygen atoms in total. The fourth-order valence-corrected chi connectivity index (χ4v) is 4.75. The Balaban J connectivity index is 1.49. The number of carbonyl (C=O) groups is 1. The predicted octanol–water partition coefficient (Wildman–Crippen LogP) is 3.18. The molecule has 0 aromatic heterocycles. The van der Waals surface area contributed by atoms with Crippen LogP contribution in [0.5, 0.6) is 5.75 Å². The quantitative estimate of drug-likeness (QED) is 0.712. The average molecular weight is 426 g/mol. The van der Waals surface area contributed by atoms with Crippen LogP contribution in [0.4, 0.5) is 4.39 Å². The number of likely N-dealkylation sites (tertiary alicyclic amines) is 1. The van der Waals surface area contributed by atoms with Crippen molar-refractivity contribution in [3.63, 3.8) is 0 Å². The summed E-state index contributed by atoms with van der Waals surface area (Å²) in [4.78, 5) is 19.7. The van der Waals surface area contributed by atoms with Crippen LogP contribution in [0.3, 0.4) is 0 Å². The molecule has 2 aliphatic heterocycles. The van der Waals surface area contributed by atoms with Crippen LogP contribution in [0.1, 0.15) is 24.0 Å². The fraction of sp³-hybridized carbons (Fsp3) is 0.480. The molecule has 6 heteroatoms. The van der Waals surface area contributed by atoms with E-state index < -0.39 is 0 Å². The molecule has 0 bridgehead atoms. The summed E-state index contributed by atoms with van der Waals surface area (Å²) in [5.74, 6) is 0.662. The van der Waals surface area contributed by atoms with Crippen molar-refractivity contribution in [1.82, 2.24) is 14.7 Å². The lowest BCUT2D eigenvalue weighted by Gasteiger charge is -2.35. The number of hydrogen-bond donors (Lipinski definition) is 0. The molecule has 1 amide bonds. The van der Waals surface area contributed by atoms with Crippen LogP contribution in [0.2, 0.25) is 0 Å². The van der Waals surface area contributed by atoms with Gasteiger partial charge in [0.1, 0.15) is 18.2 Å². The van der Waals surface area contributed by atoms with E-state index in [1.807, 2.05) is 23.1 Å². The topological polar surface area (TPSA) is 36.0 Å². The zero-order valence-corrected chi connectivity index (χ0v) is 18.5. The summed E-state index contributed by atoms with van der Waals surface area (Å²) in [5.41, 5.74) is 1.66. The summed E-state index contributed by atoms with van der Waals surface area (Å²) < 4.78 is 20.2. The molecule has 2 heterocycles. The van der Waals surface area contributed by atoms with Crippen molar-refractivity contribution < 1.29 is 13.9 Å². The highest BCUT2D eigenvalue weighted by molar-refractivity contribution is 5.79. The summed E-state index contributed by atoms with van der Waals surface area (Å²) in [5, 5.41) is 0. The molecule has 4 rings (SSSR count). The van der Waals surface area contributed by atoms with Gasteiger partial charge in [0, 0.05) is 37.8 Å². The second kappa shape index (κ2) is 9.79. The first kappa shape index (κ1) is 21.8. The number of fused-ring (bicyclic) bond motifs is 1. The molecule has 0 aliphatic carbocycles. The Kier molecular flexibility index (Phi) is 6.88. The molecule has 2 atom stereocenters. The molecule has 2 aliphatic rings. The van der Waals surface area contributed by atoms with Gasteiger partial charge < -0.3 is 14.5 Å². The largest absolute Gasteiger partial charge is 0.492 e. The van der Waals surface area contributed by atoms with E-state index in [-0.39, 0.29) is 30.2 Å². The van der Waals surface area contributed by atoms with Crippen LogP contribution >= 0.6 is 0 Å². The molecular formula is C25H32FN3O2. The van der Waals surface area contributed by atoms with Crippen molar-refractivity contribution >= 4 is 5.91 Å². The Morgan fingerprint density at radius 3 is 2.71 bits per heavy atom. The first-order valence-corrected chi connectivity index (χ1v) is 11.1. The highest BCUT2D eigenvalue weighted by Crippen LogP contribution is 2.27. The van der Waals surface area contributed by atoms with E-state index in [1.54, 1.807) is 18.2 Å². The number of para-hydroxylation sites is 1. The Hall–Kier alpha value is -2.44. The monoisotopic (exact) mass is 425 g/mol. The van der Waals surface area contributed by atoms with Gasteiger partial charge in [-0.1, -0.05) is 36.4 Å². The lowest BCUT2D eigenvalue weighted by atomic mass is 10.1. The standard InChI is InChI=1S/C25H32FN3O2/c1-27(2)16-22-18-31-24-12-6-4-9-20(24)15-28(22)17-21-10-7-13-29(21)25(30)14-19-8-3-5-11-23(19)26/h3-6,8-9,11-12,21-22H,7,10,13-18H2,1-2H3/t21-,22+/m1/s1. The maximum Gasteiger partial charge on any atom is 0.227 e. The molecule has 0 unspecified atom stereocenters. The summed E-state index contributed by atoms with van der Waals surface area (Å²) in [6, 6.07) is 15.2. The predicted molar refractivity (Wildman–Crippen MR) is 120 cm³/mol. The number of halogens is 1. The Morgan fingerprint density at radius 2 is 1.90 bits per heavy atom. The van der Waals surface area contributed by atoms with Crippen LogP contribution in [0.25, 0.3) is 0 Å². The van der Waals surface area contributed by atoms with Crippen LogP contribution in [0, 0.1) is 5.82 Å². The first-order chi connectivity index (χ1) is 15.0. The minimum atomic E-state index is -0.307. The van der Waals surface area contributed by atoms with Crippen LogP contribution in [-0.2, 0) is 17.8 Å². The van der Waals surface area contributed by atoms with E-state index in [2.05, 4.69) is 30.0 Å². The van der Waals surface area contributed by atoms with E-state index in [9.17, 15) is 9.18 Å². The van der Waals surface area contributed by atoms with E-state index in [1.165, 1.54) is 11.6 Å². The average Bonchev–Trinajstić information content (AvgIpc) is 3.14. The number of benzene rings is 2. The molecule has 2 aromatic rings. The van der Waals surface area contributed by atoms with Crippen LogP contribution in [0.15, 0.2) is 48.5 Å². The van der Waals surface area contributed by atoms with Gasteiger partial charge in [0.05, 0.1) is 12.5 Å². The van der Waals surface area contributed by atoms with Gasteiger partial charge in [-0.15, -0.1) is 0 Å². The van der Waals surface area contributed by atoms with Crippen molar-refractivity contribution in [1.29, 1.82) is 0 Å². The highest BCUT2D eigenvalue weighted by Gasteiger charge is 2.34. The maximum atomic E-state index is 14.1. The van der Waals surface area contributed by atoms with Gasteiger partial charge in [0.25, 0.3) is 0 Å². The minimum absolute atomic E-state index is 0.0169. The second-order valence-electron chi connectivity index (χ2n) is 8.92. The second-order valence-corrected chi connectivity index (χ2v) is 8.92. The molecule has 31 heavy (non-hydrogen) atoms. The van der Waals surface area contributed by atoms with Gasteiger partial charge in [0.2, 0.25) is 5.91 Å². The number of amides is 1. The summed E-state index contributed by atoms with van der Waals surface area (Å²) >= 11 is 0. The summed E-state index contributed by atoms with van der Waals surface area (Å²) in [6.45, 7) is 3.88. The van der Waals surface area contributed by atoms with Crippen LogP contribution < -0.4 is 4.74 Å². The number of nitrogens with zero attached hydrogens (tertiary/aromatic N) is 3. The van der Waals surface area contributed by atoms with E-state index in [4.69, 9.17) is 4.74 Å². The van der Waals surface area contributed by atoms with Gasteiger partial charge in [-0.05, 0) is 44.6 Å².